The molecule has 11 heteroatoms. The Kier molecular flexibility index (Phi) is 8.06. The van der Waals surface area contributed by atoms with Gasteiger partial charge in [-0.25, -0.2) is 24.7 Å². The summed E-state index contributed by atoms with van der Waals surface area (Å²) in [5, 5.41) is 18.3. The van der Waals surface area contributed by atoms with Crippen molar-refractivity contribution in [2.24, 2.45) is 0 Å². The molecule has 0 saturated heterocycles. The lowest BCUT2D eigenvalue weighted by Gasteiger charge is -2.15. The zero-order valence-electron chi connectivity index (χ0n) is 22.5. The van der Waals surface area contributed by atoms with Crippen LogP contribution in [0.2, 0.25) is 0 Å². The fourth-order valence-corrected chi connectivity index (χ4v) is 4.83. The maximum Gasteiger partial charge on any atom is 0.409 e. The molecule has 0 aliphatic heterocycles. The van der Waals surface area contributed by atoms with Crippen LogP contribution in [0.5, 0.6) is 0 Å². The van der Waals surface area contributed by atoms with Gasteiger partial charge in [-0.3, -0.25) is 10.1 Å². The molecule has 2 aromatic carbocycles. The van der Waals surface area contributed by atoms with Crippen LogP contribution in [0.15, 0.2) is 89.0 Å². The number of carbonyl (C=O) groups excluding carboxylic acids is 1. The van der Waals surface area contributed by atoms with E-state index in [1.807, 2.05) is 43.3 Å². The van der Waals surface area contributed by atoms with Crippen molar-refractivity contribution in [2.45, 2.75) is 36.5 Å². The third-order valence-electron chi connectivity index (χ3n) is 6.09. The Morgan fingerprint density at radius 2 is 1.71 bits per heavy atom. The molecule has 0 saturated carbocycles. The molecular formula is C30H27N7O3S. The van der Waals surface area contributed by atoms with E-state index in [1.54, 1.807) is 36.5 Å². The van der Waals surface area contributed by atoms with E-state index in [0.717, 1.165) is 26.4 Å². The number of carbonyl (C=O) groups is 2. The molecule has 0 fully saturated rings. The molecule has 3 heterocycles. The zero-order valence-corrected chi connectivity index (χ0v) is 23.4. The van der Waals surface area contributed by atoms with E-state index in [4.69, 9.17) is 5.11 Å². The van der Waals surface area contributed by atoms with E-state index < -0.39 is 6.09 Å². The monoisotopic (exact) mass is 565 g/mol. The van der Waals surface area contributed by atoms with Gasteiger partial charge in [0.2, 0.25) is 0 Å². The lowest BCUT2D eigenvalue weighted by molar-refractivity contribution is 0.102. The van der Waals surface area contributed by atoms with Gasteiger partial charge < -0.3 is 15.7 Å². The number of hydrogen-bond donors (Lipinski definition) is 4. The number of fused-ring (bicyclic) bond motifs is 1. The molecule has 0 bridgehead atoms. The normalized spacial score (nSPS) is 10.9. The first kappa shape index (κ1) is 27.5. The summed E-state index contributed by atoms with van der Waals surface area (Å²) in [6, 6.07) is 19.9. The smallest absolute Gasteiger partial charge is 0.409 e. The third-order valence-corrected chi connectivity index (χ3v) is 7.18. The van der Waals surface area contributed by atoms with Crippen molar-refractivity contribution in [3.05, 3.63) is 96.1 Å². The molecule has 0 spiro atoms. The maximum atomic E-state index is 13.1. The summed E-state index contributed by atoms with van der Waals surface area (Å²) in [4.78, 5) is 43.6. The van der Waals surface area contributed by atoms with Crippen LogP contribution in [0.3, 0.4) is 0 Å². The Balaban J connectivity index is 1.49. The highest BCUT2D eigenvalue weighted by Gasteiger charge is 2.15. The lowest BCUT2D eigenvalue weighted by Crippen LogP contribution is -2.13. The molecule has 4 N–H and O–H groups in total. The first-order valence-corrected chi connectivity index (χ1v) is 13.6. The van der Waals surface area contributed by atoms with Gasteiger partial charge in [0.1, 0.15) is 18.0 Å². The summed E-state index contributed by atoms with van der Waals surface area (Å²) in [7, 11) is 0. The molecule has 0 radical (unpaired) electrons. The Morgan fingerprint density at radius 1 is 0.902 bits per heavy atom. The van der Waals surface area contributed by atoms with Crippen molar-refractivity contribution in [3.63, 3.8) is 0 Å². The highest BCUT2D eigenvalue weighted by atomic mass is 32.2. The van der Waals surface area contributed by atoms with Crippen molar-refractivity contribution in [3.8, 4) is 0 Å². The molecule has 5 aromatic rings. The number of benzene rings is 2. The van der Waals surface area contributed by atoms with Crippen LogP contribution < -0.4 is 16.0 Å². The highest BCUT2D eigenvalue weighted by Crippen LogP contribution is 2.37. The fraction of sp³-hybridized carbons (Fsp3) is 0.133. The van der Waals surface area contributed by atoms with Crippen molar-refractivity contribution in [1.82, 2.24) is 19.9 Å². The molecule has 206 valence electrons. The van der Waals surface area contributed by atoms with Crippen molar-refractivity contribution in [2.75, 3.05) is 16.0 Å². The number of aromatic nitrogens is 4. The zero-order chi connectivity index (χ0) is 28.9. The number of hydrogen-bond acceptors (Lipinski definition) is 8. The van der Waals surface area contributed by atoms with Crippen LogP contribution in [-0.2, 0) is 0 Å². The van der Waals surface area contributed by atoms with Gasteiger partial charge in [0, 0.05) is 32.9 Å². The van der Waals surface area contributed by atoms with E-state index >= 15 is 0 Å². The highest BCUT2D eigenvalue weighted by molar-refractivity contribution is 7.99. The number of pyridine rings is 2. The average Bonchev–Trinajstić information content (AvgIpc) is 2.95. The number of nitrogens with one attached hydrogen (secondary N) is 3. The van der Waals surface area contributed by atoms with Crippen molar-refractivity contribution >= 4 is 57.8 Å². The Labute approximate surface area is 240 Å². The average molecular weight is 566 g/mol. The lowest BCUT2D eigenvalue weighted by atomic mass is 10.1. The molecule has 5 rings (SSSR count). The minimum absolute atomic E-state index is 0.254. The van der Waals surface area contributed by atoms with Gasteiger partial charge in [0.05, 0.1) is 11.1 Å². The number of rotatable bonds is 8. The summed E-state index contributed by atoms with van der Waals surface area (Å²) in [6.45, 7) is 6.08. The van der Waals surface area contributed by atoms with Gasteiger partial charge in [-0.05, 0) is 79.1 Å². The number of nitrogens with zero attached hydrogens (tertiary/aromatic N) is 4. The SMILES string of the molecule is Cc1ccc(NC(=O)c2ccc(Sc3ccc(NC(=O)O)cc3)c(Nc3ncnc4nc(C(C)C)ccc34)c2)nc1. The van der Waals surface area contributed by atoms with Crippen LogP contribution in [-0.4, -0.2) is 37.0 Å². The quantitative estimate of drug-likeness (QED) is 0.155. The minimum atomic E-state index is -1.13. The number of anilines is 4. The molecule has 0 unspecified atom stereocenters. The second-order valence-corrected chi connectivity index (χ2v) is 10.7. The Hall–Kier alpha value is -5.03. The third kappa shape index (κ3) is 6.76. The van der Waals surface area contributed by atoms with E-state index in [2.05, 4.69) is 49.7 Å². The first-order valence-electron chi connectivity index (χ1n) is 12.8. The topological polar surface area (TPSA) is 142 Å². The van der Waals surface area contributed by atoms with E-state index in [-0.39, 0.29) is 11.8 Å². The Morgan fingerprint density at radius 3 is 2.41 bits per heavy atom. The van der Waals surface area contributed by atoms with Crippen LogP contribution in [0.4, 0.5) is 27.8 Å². The molecular weight excluding hydrogens is 538 g/mol. The molecule has 0 aliphatic rings. The number of amides is 2. The van der Waals surface area contributed by atoms with Crippen molar-refractivity contribution < 1.29 is 14.7 Å². The first-order chi connectivity index (χ1) is 19.7. The van der Waals surface area contributed by atoms with Gasteiger partial charge in [-0.15, -0.1) is 0 Å². The molecule has 3 aromatic heterocycles. The number of aryl methyl sites for hydroxylation is 1. The van der Waals surface area contributed by atoms with E-state index in [0.29, 0.717) is 34.2 Å². The fourth-order valence-electron chi connectivity index (χ4n) is 3.95. The minimum Gasteiger partial charge on any atom is -0.465 e. The maximum absolute atomic E-state index is 13.1. The predicted octanol–water partition coefficient (Wildman–Crippen LogP) is 7.09. The second kappa shape index (κ2) is 12.0. The standard InChI is InChI=1S/C30H27N7O3S/c1-17(2)23-11-10-22-27(35-23)32-16-33-28(22)36-24-14-19(29(38)37-26-13-4-18(3)15-31-26)5-12-25(24)41-21-8-6-20(7-9-21)34-30(39)40/h4-17,34H,1-3H3,(H,39,40)(H,31,37,38)(H,32,33,35,36). The van der Waals surface area contributed by atoms with E-state index in [1.165, 1.54) is 18.1 Å². The van der Waals surface area contributed by atoms with Crippen LogP contribution in [0, 0.1) is 6.92 Å². The van der Waals surface area contributed by atoms with Gasteiger partial charge in [-0.2, -0.15) is 0 Å². The molecule has 0 atom stereocenters. The van der Waals surface area contributed by atoms with Crippen LogP contribution >= 0.6 is 11.8 Å². The molecule has 2 amide bonds. The number of carboxylic acid groups (broad SMARTS) is 1. The van der Waals surface area contributed by atoms with Gasteiger partial charge in [-0.1, -0.05) is 31.7 Å². The molecule has 0 aliphatic carbocycles. The largest absolute Gasteiger partial charge is 0.465 e. The van der Waals surface area contributed by atoms with E-state index in [9.17, 15) is 9.59 Å². The summed E-state index contributed by atoms with van der Waals surface area (Å²) >= 11 is 1.46. The molecule has 10 nitrogen and oxygen atoms in total. The molecule has 41 heavy (non-hydrogen) atoms. The predicted molar refractivity (Wildman–Crippen MR) is 160 cm³/mol. The summed E-state index contributed by atoms with van der Waals surface area (Å²) < 4.78 is 0. The Bertz CT molecular complexity index is 1730. The van der Waals surface area contributed by atoms with Crippen LogP contribution in [0.1, 0.15) is 41.4 Å². The van der Waals surface area contributed by atoms with Gasteiger partial charge >= 0.3 is 6.09 Å². The summed E-state index contributed by atoms with van der Waals surface area (Å²) in [5.41, 5.74) is 4.05. The summed E-state index contributed by atoms with van der Waals surface area (Å²) in [6.07, 6.45) is 2.03. The van der Waals surface area contributed by atoms with Crippen molar-refractivity contribution in [1.29, 1.82) is 0 Å². The summed E-state index contributed by atoms with van der Waals surface area (Å²) in [5.74, 6) is 0.959. The van der Waals surface area contributed by atoms with Gasteiger partial charge in [0.25, 0.3) is 5.91 Å². The van der Waals surface area contributed by atoms with Gasteiger partial charge in [0.15, 0.2) is 5.65 Å². The van der Waals surface area contributed by atoms with Crippen LogP contribution in [0.25, 0.3) is 11.0 Å². The second-order valence-electron chi connectivity index (χ2n) is 9.55.